The molecule has 1 N–H and O–H groups in total. The number of halogens is 1. The number of hydrogen-bond acceptors (Lipinski definition) is 4. The van der Waals surface area contributed by atoms with E-state index in [0.717, 1.165) is 25.3 Å². The van der Waals surface area contributed by atoms with E-state index in [2.05, 4.69) is 12.2 Å². The first-order valence-corrected chi connectivity index (χ1v) is 8.27. The molecule has 1 aromatic rings. The monoisotopic (exact) mass is 337 g/mol. The number of benzene rings is 1. The Labute approximate surface area is 141 Å². The zero-order valence-corrected chi connectivity index (χ0v) is 14.3. The van der Waals surface area contributed by atoms with Crippen molar-refractivity contribution in [1.82, 2.24) is 5.32 Å². The molecule has 6 heteroatoms. The van der Waals surface area contributed by atoms with Crippen LogP contribution in [0.1, 0.15) is 49.9 Å². The molecule has 1 saturated carbocycles. The number of methoxy groups -OCH3 is 1. The Bertz CT molecular complexity index is 605. The molecule has 0 spiro atoms. The largest absolute Gasteiger partial charge is 0.494 e. The van der Waals surface area contributed by atoms with Gasteiger partial charge in [0.1, 0.15) is 0 Å². The van der Waals surface area contributed by atoms with Gasteiger partial charge in [0.25, 0.3) is 5.91 Å². The minimum absolute atomic E-state index is 0.0407. The smallest absolute Gasteiger partial charge is 0.339 e. The van der Waals surface area contributed by atoms with E-state index in [1.54, 1.807) is 0 Å². The molecule has 132 valence electrons. The van der Waals surface area contributed by atoms with Gasteiger partial charge < -0.3 is 14.8 Å². The predicted octanol–water partition coefficient (Wildman–Crippen LogP) is 3.07. The SMILES string of the molecule is COc1ccc(C(=O)O[C@H](C)C(=O)N[C@H]2CCCC[C@@H]2C)cc1F. The van der Waals surface area contributed by atoms with Gasteiger partial charge in [0.2, 0.25) is 0 Å². The number of rotatable bonds is 5. The molecule has 0 radical (unpaired) electrons. The molecule has 3 atom stereocenters. The van der Waals surface area contributed by atoms with Gasteiger partial charge in [0.05, 0.1) is 12.7 Å². The van der Waals surface area contributed by atoms with E-state index < -0.39 is 17.9 Å². The molecule has 1 fully saturated rings. The molecule has 0 aliphatic heterocycles. The average molecular weight is 337 g/mol. The molecule has 2 rings (SSSR count). The van der Waals surface area contributed by atoms with Crippen molar-refractivity contribution in [2.45, 2.75) is 51.7 Å². The van der Waals surface area contributed by atoms with Crippen LogP contribution in [0.15, 0.2) is 18.2 Å². The normalized spacial score (nSPS) is 21.7. The third-order valence-electron chi connectivity index (χ3n) is 4.48. The summed E-state index contributed by atoms with van der Waals surface area (Å²) in [5.41, 5.74) is 0.0407. The number of ether oxygens (including phenoxy) is 2. The van der Waals surface area contributed by atoms with Crippen molar-refractivity contribution in [2.75, 3.05) is 7.11 Å². The first-order chi connectivity index (χ1) is 11.4. The van der Waals surface area contributed by atoms with Crippen molar-refractivity contribution in [1.29, 1.82) is 0 Å². The van der Waals surface area contributed by atoms with Gasteiger partial charge in [0.15, 0.2) is 17.7 Å². The molecule has 1 aromatic carbocycles. The van der Waals surface area contributed by atoms with E-state index in [1.165, 1.54) is 32.6 Å². The Hall–Kier alpha value is -2.11. The fourth-order valence-electron chi connectivity index (χ4n) is 2.91. The van der Waals surface area contributed by atoms with Crippen LogP contribution in [0.2, 0.25) is 0 Å². The Morgan fingerprint density at radius 2 is 2.00 bits per heavy atom. The van der Waals surface area contributed by atoms with Gasteiger partial charge >= 0.3 is 5.97 Å². The fraction of sp³-hybridized carbons (Fsp3) is 0.556. The summed E-state index contributed by atoms with van der Waals surface area (Å²) in [5, 5.41) is 2.94. The summed E-state index contributed by atoms with van der Waals surface area (Å²) in [6.45, 7) is 3.63. The lowest BCUT2D eigenvalue weighted by atomic mass is 9.86. The van der Waals surface area contributed by atoms with Gasteiger partial charge in [0, 0.05) is 6.04 Å². The summed E-state index contributed by atoms with van der Waals surface area (Å²) in [7, 11) is 1.34. The van der Waals surface area contributed by atoms with Gasteiger partial charge in [-0.1, -0.05) is 19.8 Å². The first kappa shape index (κ1) is 18.2. The predicted molar refractivity (Wildman–Crippen MR) is 87.4 cm³/mol. The summed E-state index contributed by atoms with van der Waals surface area (Å²) in [4.78, 5) is 24.3. The third-order valence-corrected chi connectivity index (χ3v) is 4.48. The third kappa shape index (κ3) is 4.46. The Morgan fingerprint density at radius 1 is 1.29 bits per heavy atom. The van der Waals surface area contributed by atoms with E-state index in [-0.39, 0.29) is 23.3 Å². The minimum Gasteiger partial charge on any atom is -0.494 e. The maximum Gasteiger partial charge on any atom is 0.339 e. The van der Waals surface area contributed by atoms with E-state index in [1.807, 2.05) is 0 Å². The molecule has 1 amide bonds. The number of esters is 1. The van der Waals surface area contributed by atoms with Crippen LogP contribution in [0.5, 0.6) is 5.75 Å². The van der Waals surface area contributed by atoms with Crippen LogP contribution in [0.25, 0.3) is 0 Å². The van der Waals surface area contributed by atoms with Crippen LogP contribution in [0, 0.1) is 11.7 Å². The van der Waals surface area contributed by atoms with Crippen molar-refractivity contribution < 1.29 is 23.5 Å². The van der Waals surface area contributed by atoms with Crippen molar-refractivity contribution in [3.05, 3.63) is 29.6 Å². The molecule has 1 aliphatic rings. The topological polar surface area (TPSA) is 64.6 Å². The fourth-order valence-corrected chi connectivity index (χ4v) is 2.91. The van der Waals surface area contributed by atoms with Crippen LogP contribution in [-0.2, 0) is 9.53 Å². The highest BCUT2D eigenvalue weighted by molar-refractivity contribution is 5.92. The second-order valence-corrected chi connectivity index (χ2v) is 6.27. The Morgan fingerprint density at radius 3 is 2.62 bits per heavy atom. The van der Waals surface area contributed by atoms with Gasteiger partial charge in [-0.05, 0) is 43.9 Å². The molecular weight excluding hydrogens is 313 g/mol. The van der Waals surface area contributed by atoms with Gasteiger partial charge in [-0.2, -0.15) is 0 Å². The molecule has 0 bridgehead atoms. The van der Waals surface area contributed by atoms with E-state index >= 15 is 0 Å². The first-order valence-electron chi connectivity index (χ1n) is 8.27. The summed E-state index contributed by atoms with van der Waals surface area (Å²) < 4.78 is 23.6. The number of carbonyl (C=O) groups is 2. The molecule has 5 nitrogen and oxygen atoms in total. The highest BCUT2D eigenvalue weighted by atomic mass is 19.1. The van der Waals surface area contributed by atoms with E-state index in [9.17, 15) is 14.0 Å². The Kier molecular flexibility index (Phi) is 6.17. The zero-order chi connectivity index (χ0) is 17.7. The van der Waals surface area contributed by atoms with Gasteiger partial charge in [-0.3, -0.25) is 4.79 Å². The Balaban J connectivity index is 1.92. The summed E-state index contributed by atoms with van der Waals surface area (Å²) in [6.07, 6.45) is 3.37. The van der Waals surface area contributed by atoms with Crippen molar-refractivity contribution in [3.63, 3.8) is 0 Å². The molecule has 24 heavy (non-hydrogen) atoms. The second-order valence-electron chi connectivity index (χ2n) is 6.27. The van der Waals surface area contributed by atoms with Crippen molar-refractivity contribution in [3.8, 4) is 5.75 Å². The molecule has 1 aliphatic carbocycles. The number of carbonyl (C=O) groups excluding carboxylic acids is 2. The number of hydrogen-bond donors (Lipinski definition) is 1. The average Bonchev–Trinajstić information content (AvgIpc) is 2.56. The van der Waals surface area contributed by atoms with Crippen molar-refractivity contribution >= 4 is 11.9 Å². The van der Waals surface area contributed by atoms with Crippen LogP contribution < -0.4 is 10.1 Å². The van der Waals surface area contributed by atoms with E-state index in [4.69, 9.17) is 9.47 Å². The van der Waals surface area contributed by atoms with Gasteiger partial charge in [-0.15, -0.1) is 0 Å². The van der Waals surface area contributed by atoms with Crippen LogP contribution in [-0.4, -0.2) is 31.1 Å². The lowest BCUT2D eigenvalue weighted by Gasteiger charge is -2.30. The zero-order valence-electron chi connectivity index (χ0n) is 14.3. The number of nitrogens with one attached hydrogen (secondary N) is 1. The summed E-state index contributed by atoms with van der Waals surface area (Å²) >= 11 is 0. The van der Waals surface area contributed by atoms with Crippen LogP contribution in [0.4, 0.5) is 4.39 Å². The molecule has 0 aromatic heterocycles. The van der Waals surface area contributed by atoms with Gasteiger partial charge in [-0.25, -0.2) is 9.18 Å². The molecule has 0 saturated heterocycles. The standard InChI is InChI=1S/C18H24FNO4/c1-11-6-4-5-7-15(11)20-17(21)12(2)24-18(22)13-8-9-16(23-3)14(19)10-13/h8-12,15H,4-7H2,1-3H3,(H,20,21)/t11-,12+,15-/m0/s1. The lowest BCUT2D eigenvalue weighted by molar-refractivity contribution is -0.130. The highest BCUT2D eigenvalue weighted by Gasteiger charge is 2.26. The second kappa shape index (κ2) is 8.13. The van der Waals surface area contributed by atoms with Crippen LogP contribution >= 0.6 is 0 Å². The summed E-state index contributed by atoms with van der Waals surface area (Å²) in [6, 6.07) is 3.90. The maximum atomic E-state index is 13.6. The highest BCUT2D eigenvalue weighted by Crippen LogP contribution is 2.24. The van der Waals surface area contributed by atoms with Crippen molar-refractivity contribution in [2.24, 2.45) is 5.92 Å². The lowest BCUT2D eigenvalue weighted by Crippen LogP contribution is -2.46. The molecule has 0 unspecified atom stereocenters. The summed E-state index contributed by atoms with van der Waals surface area (Å²) in [5.74, 6) is -1.25. The molecule has 0 heterocycles. The quantitative estimate of drug-likeness (QED) is 0.839. The molecular formula is C18H24FNO4. The minimum atomic E-state index is -0.934. The van der Waals surface area contributed by atoms with E-state index in [0.29, 0.717) is 5.92 Å². The number of amides is 1. The maximum absolute atomic E-state index is 13.6. The van der Waals surface area contributed by atoms with Crippen LogP contribution in [0.3, 0.4) is 0 Å².